The van der Waals surface area contributed by atoms with Gasteiger partial charge in [0.2, 0.25) is 0 Å². The average Bonchev–Trinajstić information content (AvgIpc) is 3.42. The van der Waals surface area contributed by atoms with E-state index in [-0.39, 0.29) is 48.9 Å². The van der Waals surface area contributed by atoms with Crippen molar-refractivity contribution < 1.29 is 39.6 Å². The van der Waals surface area contributed by atoms with Crippen LogP contribution in [-0.2, 0) is 25.5 Å². The zero-order valence-electron chi connectivity index (χ0n) is 22.4. The zero-order valence-corrected chi connectivity index (χ0v) is 22.4. The Balaban J connectivity index is 0.000000379. The maximum absolute atomic E-state index is 11.8. The maximum Gasteiger partial charge on any atom is 0.351 e. The Morgan fingerprint density at radius 1 is 1.10 bits per heavy atom. The highest BCUT2D eigenvalue weighted by molar-refractivity contribution is 5.71. The van der Waals surface area contributed by atoms with Gasteiger partial charge in [-0.15, -0.1) is 0 Å². The van der Waals surface area contributed by atoms with Crippen molar-refractivity contribution in [1.29, 1.82) is 0 Å². The normalized spacial score (nSPS) is 16.8. The van der Waals surface area contributed by atoms with E-state index < -0.39 is 17.6 Å². The number of nitrogens with one attached hydrogen (secondary N) is 2. The summed E-state index contributed by atoms with van der Waals surface area (Å²) in [5.74, 6) is -0.254. The van der Waals surface area contributed by atoms with E-state index in [9.17, 15) is 14.4 Å². The number of aliphatic hydroxyl groups excluding tert-OH is 2. The number of carbonyl (C=O) groups excluding carboxylic acids is 1. The Bertz CT molecular complexity index is 1110. The lowest BCUT2D eigenvalue weighted by atomic mass is 10.2. The molecule has 1 aliphatic heterocycles. The fourth-order valence-electron chi connectivity index (χ4n) is 3.28. The molecule has 0 radical (unpaired) electrons. The van der Waals surface area contributed by atoms with E-state index in [2.05, 4.69) is 9.97 Å². The summed E-state index contributed by atoms with van der Waals surface area (Å²) in [6, 6.07) is 2.94. The van der Waals surface area contributed by atoms with Crippen molar-refractivity contribution in [2.24, 2.45) is 5.92 Å². The second-order valence-electron chi connectivity index (χ2n) is 8.42. The van der Waals surface area contributed by atoms with Gasteiger partial charge in [-0.25, -0.2) is 9.59 Å². The number of hydrogen-bond donors (Lipinski definition) is 6. The van der Waals surface area contributed by atoms with Crippen molar-refractivity contribution in [3.8, 4) is 0 Å². The Hall–Kier alpha value is -3.41. The van der Waals surface area contributed by atoms with Gasteiger partial charge in [0.1, 0.15) is 12.8 Å². The Morgan fingerprint density at radius 3 is 2.23 bits per heavy atom. The molecule has 0 amide bonds. The van der Waals surface area contributed by atoms with Crippen LogP contribution in [0.5, 0.6) is 0 Å². The second kappa shape index (κ2) is 18.0. The SMILES string of the molecule is CC(C)C(=O)OCC1CCC(n2ccc(NO)nc2=O)O1.CO.COC(CO)CCn1ccc(NO)nc1=O. The number of hydrogen-bond acceptors (Lipinski definition) is 14. The number of nitrogens with zero attached hydrogens (tertiary/aromatic N) is 4. The molecule has 3 atom stereocenters. The van der Waals surface area contributed by atoms with Crippen molar-refractivity contribution in [1.82, 2.24) is 19.1 Å². The lowest BCUT2D eigenvalue weighted by molar-refractivity contribution is -0.152. The number of methoxy groups -OCH3 is 1. The van der Waals surface area contributed by atoms with E-state index in [0.29, 0.717) is 25.8 Å². The summed E-state index contributed by atoms with van der Waals surface area (Å²) in [6.45, 7) is 4.03. The third-order valence-corrected chi connectivity index (χ3v) is 5.44. The Labute approximate surface area is 224 Å². The average molecular weight is 559 g/mol. The first-order chi connectivity index (χ1) is 18.7. The number of aromatic nitrogens is 4. The molecule has 2 aromatic rings. The predicted molar refractivity (Wildman–Crippen MR) is 137 cm³/mol. The standard InChI is InChI=1S/C13H19N3O5.C9H15N3O4.CH4O/c1-8(2)12(17)20-7-9-3-4-11(21-9)16-6-5-10(15-19)14-13(16)18;1-16-7(6-13)2-4-12-5-3-8(11-15)10-9(12)14;1-2/h5-6,8-9,11,19H,3-4,7H2,1-2H3,(H,14,15,18);3,5,7,13,15H,2,4,6H2,1H3,(H,10,11,14);2H,1H3. The molecule has 16 heteroatoms. The van der Waals surface area contributed by atoms with Gasteiger partial charge in [0.25, 0.3) is 0 Å². The largest absolute Gasteiger partial charge is 0.463 e. The number of rotatable bonds is 11. The number of anilines is 2. The number of carbonyl (C=O) groups is 1. The molecule has 3 unspecified atom stereocenters. The molecule has 0 saturated carbocycles. The van der Waals surface area contributed by atoms with Crippen LogP contribution in [0.3, 0.4) is 0 Å². The molecule has 2 aromatic heterocycles. The van der Waals surface area contributed by atoms with Crippen LogP contribution in [0.25, 0.3) is 0 Å². The summed E-state index contributed by atoms with van der Waals surface area (Å²) in [5.41, 5.74) is 2.63. The highest BCUT2D eigenvalue weighted by atomic mass is 16.6. The molecule has 3 heterocycles. The quantitative estimate of drug-likeness (QED) is 0.158. The maximum atomic E-state index is 11.8. The molecular weight excluding hydrogens is 520 g/mol. The Morgan fingerprint density at radius 2 is 1.72 bits per heavy atom. The van der Waals surface area contributed by atoms with Crippen molar-refractivity contribution in [3.63, 3.8) is 0 Å². The van der Waals surface area contributed by atoms with Gasteiger partial charge in [0, 0.05) is 33.2 Å². The van der Waals surface area contributed by atoms with Crippen LogP contribution in [0, 0.1) is 5.92 Å². The van der Waals surface area contributed by atoms with Crippen LogP contribution < -0.4 is 22.3 Å². The van der Waals surface area contributed by atoms with Crippen molar-refractivity contribution in [3.05, 3.63) is 45.5 Å². The van der Waals surface area contributed by atoms with Gasteiger partial charge in [-0.05, 0) is 31.4 Å². The summed E-state index contributed by atoms with van der Waals surface area (Å²) < 4.78 is 18.5. The van der Waals surface area contributed by atoms with Crippen LogP contribution >= 0.6 is 0 Å². The second-order valence-corrected chi connectivity index (χ2v) is 8.42. The van der Waals surface area contributed by atoms with Crippen molar-refractivity contribution in [2.75, 3.05) is 38.4 Å². The summed E-state index contributed by atoms with van der Waals surface area (Å²) in [6.07, 6.45) is 3.92. The van der Waals surface area contributed by atoms with E-state index in [1.54, 1.807) is 19.3 Å². The molecule has 0 aromatic carbocycles. The van der Waals surface area contributed by atoms with Gasteiger partial charge < -0.3 is 24.4 Å². The van der Waals surface area contributed by atoms with Crippen LogP contribution in [-0.4, -0.2) is 85.3 Å². The van der Waals surface area contributed by atoms with Crippen LogP contribution in [0.1, 0.15) is 39.3 Å². The molecule has 0 spiro atoms. The third kappa shape index (κ3) is 11.1. The number of esters is 1. The predicted octanol–water partition coefficient (Wildman–Crippen LogP) is -0.0285. The number of ether oxygens (including phenoxy) is 3. The molecule has 0 bridgehead atoms. The highest BCUT2D eigenvalue weighted by Gasteiger charge is 2.28. The fraction of sp³-hybridized carbons (Fsp3) is 0.609. The fourth-order valence-corrected chi connectivity index (χ4v) is 3.28. The topological polar surface area (TPSA) is 220 Å². The highest BCUT2D eigenvalue weighted by Crippen LogP contribution is 2.27. The molecular formula is C23H38N6O10. The third-order valence-electron chi connectivity index (χ3n) is 5.44. The first-order valence-electron chi connectivity index (χ1n) is 12.1. The first kappa shape index (κ1) is 33.6. The molecule has 39 heavy (non-hydrogen) atoms. The minimum absolute atomic E-state index is 0.0802. The van der Waals surface area contributed by atoms with Crippen molar-refractivity contribution in [2.45, 2.75) is 58.1 Å². The Kier molecular flexibility index (Phi) is 15.5. The lowest BCUT2D eigenvalue weighted by Crippen LogP contribution is -2.28. The molecule has 220 valence electrons. The minimum Gasteiger partial charge on any atom is -0.463 e. The number of aryl methyl sites for hydroxylation is 1. The van der Waals surface area contributed by atoms with Gasteiger partial charge in [-0.2, -0.15) is 9.97 Å². The van der Waals surface area contributed by atoms with Gasteiger partial charge in [-0.1, -0.05) is 13.8 Å². The summed E-state index contributed by atoms with van der Waals surface area (Å²) >= 11 is 0. The van der Waals surface area contributed by atoms with Crippen LogP contribution in [0.4, 0.5) is 11.6 Å². The van der Waals surface area contributed by atoms with Gasteiger partial charge >= 0.3 is 17.3 Å². The van der Waals surface area contributed by atoms with E-state index in [1.165, 1.54) is 40.8 Å². The molecule has 6 N–H and O–H groups in total. The number of aliphatic hydroxyl groups is 2. The van der Waals surface area contributed by atoms with E-state index in [4.69, 9.17) is 34.8 Å². The summed E-state index contributed by atoms with van der Waals surface area (Å²) in [5, 5.41) is 33.1. The summed E-state index contributed by atoms with van der Waals surface area (Å²) in [4.78, 5) is 41.8. The van der Waals surface area contributed by atoms with Crippen molar-refractivity contribution >= 4 is 17.6 Å². The smallest absolute Gasteiger partial charge is 0.351 e. The van der Waals surface area contributed by atoms with Crippen LogP contribution in [0.15, 0.2) is 34.1 Å². The molecule has 1 saturated heterocycles. The molecule has 0 aliphatic carbocycles. The van der Waals surface area contributed by atoms with Gasteiger partial charge in [0.15, 0.2) is 11.6 Å². The van der Waals surface area contributed by atoms with Gasteiger partial charge in [-0.3, -0.25) is 35.3 Å². The lowest BCUT2D eigenvalue weighted by Gasteiger charge is -2.16. The van der Waals surface area contributed by atoms with E-state index in [0.717, 1.165) is 7.11 Å². The van der Waals surface area contributed by atoms with Gasteiger partial charge in [0.05, 0.1) is 24.7 Å². The molecule has 1 fully saturated rings. The molecule has 16 nitrogen and oxygen atoms in total. The van der Waals surface area contributed by atoms with E-state index >= 15 is 0 Å². The van der Waals surface area contributed by atoms with E-state index in [1.807, 2.05) is 5.48 Å². The molecule has 1 aliphatic rings. The summed E-state index contributed by atoms with van der Waals surface area (Å²) in [7, 11) is 2.50. The molecule has 3 rings (SSSR count). The monoisotopic (exact) mass is 558 g/mol. The van der Waals surface area contributed by atoms with Crippen LogP contribution in [0.2, 0.25) is 0 Å². The minimum atomic E-state index is -0.515. The zero-order chi connectivity index (χ0) is 29.4. The first-order valence-corrected chi connectivity index (χ1v) is 12.1.